The second-order valence-electron chi connectivity index (χ2n) is 6.55. The van der Waals surface area contributed by atoms with Crippen LogP contribution in [0.3, 0.4) is 0 Å². The van der Waals surface area contributed by atoms with Crippen molar-refractivity contribution in [2.75, 3.05) is 13.7 Å². The number of hydrogen-bond acceptors (Lipinski definition) is 5. The maximum atomic E-state index is 13.6. The molecule has 2 aromatic rings. The minimum absolute atomic E-state index is 0.0459. The van der Waals surface area contributed by atoms with Crippen LogP contribution in [0.5, 0.6) is 11.5 Å². The summed E-state index contributed by atoms with van der Waals surface area (Å²) in [6, 6.07) is 13.0. The summed E-state index contributed by atoms with van der Waals surface area (Å²) in [5.74, 6) is -0.643. The van der Waals surface area contributed by atoms with Crippen LogP contribution < -0.4 is 9.47 Å². The molecule has 154 valence electrons. The normalized spacial score (nSPS) is 19.1. The second kappa shape index (κ2) is 7.75. The Kier molecular flexibility index (Phi) is 5.52. The summed E-state index contributed by atoms with van der Waals surface area (Å²) >= 11 is 0. The SMILES string of the molecule is COc1ccccc1OCC(=O)N1N=C(c2ccc(C)cc2)CC1(O)C(F)(F)F. The molecule has 0 aliphatic carbocycles. The molecule has 1 N–H and O–H groups in total. The van der Waals surface area contributed by atoms with Crippen LogP contribution in [0.25, 0.3) is 0 Å². The number of alkyl halides is 3. The summed E-state index contributed by atoms with van der Waals surface area (Å²) in [5.41, 5.74) is -2.19. The van der Waals surface area contributed by atoms with Gasteiger partial charge < -0.3 is 14.6 Å². The first-order valence-electron chi connectivity index (χ1n) is 8.68. The van der Waals surface area contributed by atoms with Gasteiger partial charge in [0, 0.05) is 0 Å². The number of methoxy groups -OCH3 is 1. The van der Waals surface area contributed by atoms with Crippen molar-refractivity contribution in [2.45, 2.75) is 25.2 Å². The summed E-state index contributed by atoms with van der Waals surface area (Å²) in [4.78, 5) is 12.5. The van der Waals surface area contributed by atoms with Crippen LogP contribution in [0, 0.1) is 6.92 Å². The third kappa shape index (κ3) is 4.04. The third-order valence-electron chi connectivity index (χ3n) is 4.48. The molecule has 0 saturated heterocycles. The number of carbonyl (C=O) groups excluding carboxylic acids is 1. The van der Waals surface area contributed by atoms with Gasteiger partial charge in [-0.1, -0.05) is 42.0 Å². The van der Waals surface area contributed by atoms with E-state index in [2.05, 4.69) is 5.10 Å². The molecule has 1 atom stereocenters. The Balaban J connectivity index is 1.86. The van der Waals surface area contributed by atoms with Gasteiger partial charge in [-0.3, -0.25) is 4.79 Å². The molecule has 0 saturated carbocycles. The monoisotopic (exact) mass is 408 g/mol. The lowest BCUT2D eigenvalue weighted by Crippen LogP contribution is -2.57. The number of aliphatic hydroxyl groups is 1. The number of benzene rings is 2. The summed E-state index contributed by atoms with van der Waals surface area (Å²) in [6.45, 7) is 1.07. The number of carbonyl (C=O) groups is 1. The largest absolute Gasteiger partial charge is 0.493 e. The van der Waals surface area contributed by atoms with E-state index in [4.69, 9.17) is 9.47 Å². The van der Waals surface area contributed by atoms with E-state index in [1.807, 2.05) is 6.92 Å². The van der Waals surface area contributed by atoms with E-state index in [0.29, 0.717) is 11.3 Å². The summed E-state index contributed by atoms with van der Waals surface area (Å²) < 4.78 is 51.2. The fourth-order valence-electron chi connectivity index (χ4n) is 2.87. The second-order valence-corrected chi connectivity index (χ2v) is 6.55. The zero-order chi connectivity index (χ0) is 21.2. The Labute approximate surface area is 165 Å². The Morgan fingerprint density at radius 1 is 1.17 bits per heavy atom. The van der Waals surface area contributed by atoms with Gasteiger partial charge in [-0.2, -0.15) is 23.3 Å². The van der Waals surface area contributed by atoms with E-state index in [1.54, 1.807) is 42.5 Å². The average molecular weight is 408 g/mol. The fourth-order valence-corrected chi connectivity index (χ4v) is 2.87. The molecule has 1 aliphatic heterocycles. The molecule has 6 nitrogen and oxygen atoms in total. The molecule has 0 fully saturated rings. The van der Waals surface area contributed by atoms with Crippen LogP contribution in [0.1, 0.15) is 17.5 Å². The van der Waals surface area contributed by atoms with Crippen LogP contribution in [0.4, 0.5) is 13.2 Å². The van der Waals surface area contributed by atoms with E-state index in [9.17, 15) is 23.1 Å². The smallest absolute Gasteiger partial charge is 0.438 e. The molecule has 0 bridgehead atoms. The van der Waals surface area contributed by atoms with Gasteiger partial charge in [-0.25, -0.2) is 0 Å². The van der Waals surface area contributed by atoms with Crippen LogP contribution in [-0.2, 0) is 4.79 Å². The topological polar surface area (TPSA) is 71.4 Å². The van der Waals surface area contributed by atoms with Crippen LogP contribution >= 0.6 is 0 Å². The Bertz CT molecular complexity index is 928. The molecule has 2 aromatic carbocycles. The average Bonchev–Trinajstić information content (AvgIpc) is 3.06. The number of rotatable bonds is 5. The molecule has 29 heavy (non-hydrogen) atoms. The summed E-state index contributed by atoms with van der Waals surface area (Å²) in [7, 11) is 1.39. The minimum Gasteiger partial charge on any atom is -0.493 e. The molecule has 9 heteroatoms. The predicted octanol–water partition coefficient (Wildman–Crippen LogP) is 3.27. The molecule has 1 heterocycles. The maximum absolute atomic E-state index is 13.6. The van der Waals surface area contributed by atoms with Gasteiger partial charge in [0.15, 0.2) is 18.1 Å². The van der Waals surface area contributed by atoms with Crippen molar-refractivity contribution in [3.05, 3.63) is 59.7 Å². The molecule has 0 aromatic heterocycles. The van der Waals surface area contributed by atoms with E-state index in [0.717, 1.165) is 5.56 Å². The van der Waals surface area contributed by atoms with Crippen molar-refractivity contribution in [3.8, 4) is 11.5 Å². The standard InChI is InChI=1S/C20H19F3N2O4/c1-13-7-9-14(10-8-13)15-11-19(27,20(21,22)23)25(24-15)18(26)12-29-17-6-4-3-5-16(17)28-2/h3-10,27H,11-12H2,1-2H3. The number of hydrogen-bond donors (Lipinski definition) is 1. The highest BCUT2D eigenvalue weighted by atomic mass is 19.4. The first-order chi connectivity index (χ1) is 13.7. The molecular weight excluding hydrogens is 389 g/mol. The fraction of sp³-hybridized carbons (Fsp3) is 0.300. The van der Waals surface area contributed by atoms with E-state index >= 15 is 0 Å². The van der Waals surface area contributed by atoms with Gasteiger partial charge in [-0.05, 0) is 24.6 Å². The number of para-hydroxylation sites is 2. The Morgan fingerprint density at radius 2 is 1.79 bits per heavy atom. The molecule has 1 unspecified atom stereocenters. The lowest BCUT2D eigenvalue weighted by atomic mass is 10.00. The van der Waals surface area contributed by atoms with E-state index in [1.165, 1.54) is 13.2 Å². The number of ether oxygens (including phenoxy) is 2. The van der Waals surface area contributed by atoms with E-state index < -0.39 is 30.8 Å². The molecule has 1 aliphatic rings. The number of hydrazone groups is 1. The third-order valence-corrected chi connectivity index (χ3v) is 4.48. The number of halogens is 3. The van der Waals surface area contributed by atoms with Gasteiger partial charge in [0.1, 0.15) is 0 Å². The number of nitrogens with zero attached hydrogens (tertiary/aromatic N) is 2. The van der Waals surface area contributed by atoms with Gasteiger partial charge >= 0.3 is 6.18 Å². The van der Waals surface area contributed by atoms with Crippen molar-refractivity contribution in [2.24, 2.45) is 5.10 Å². The lowest BCUT2D eigenvalue weighted by molar-refractivity contribution is -0.302. The van der Waals surface area contributed by atoms with Gasteiger partial charge in [0.05, 0.1) is 19.2 Å². The van der Waals surface area contributed by atoms with Gasteiger partial charge in [0.25, 0.3) is 11.6 Å². The number of aryl methyl sites for hydroxylation is 1. The highest BCUT2D eigenvalue weighted by Gasteiger charge is 2.63. The van der Waals surface area contributed by atoms with E-state index in [-0.39, 0.29) is 16.5 Å². The van der Waals surface area contributed by atoms with Crippen molar-refractivity contribution in [3.63, 3.8) is 0 Å². The van der Waals surface area contributed by atoms with Crippen molar-refractivity contribution in [1.29, 1.82) is 0 Å². The lowest BCUT2D eigenvalue weighted by Gasteiger charge is -2.32. The van der Waals surface area contributed by atoms with Crippen molar-refractivity contribution >= 4 is 11.6 Å². The highest BCUT2D eigenvalue weighted by Crippen LogP contribution is 2.41. The van der Waals surface area contributed by atoms with Crippen molar-refractivity contribution in [1.82, 2.24) is 5.01 Å². The molecule has 3 rings (SSSR count). The molecule has 0 radical (unpaired) electrons. The van der Waals surface area contributed by atoms with Gasteiger partial charge in [0.2, 0.25) is 0 Å². The molecule has 0 spiro atoms. The molecule has 1 amide bonds. The van der Waals surface area contributed by atoms with Crippen LogP contribution in [0.2, 0.25) is 0 Å². The van der Waals surface area contributed by atoms with Crippen LogP contribution in [0.15, 0.2) is 53.6 Å². The van der Waals surface area contributed by atoms with Crippen molar-refractivity contribution < 1.29 is 32.5 Å². The minimum atomic E-state index is -5.11. The highest BCUT2D eigenvalue weighted by molar-refractivity contribution is 6.03. The first kappa shape index (κ1) is 20.7. The van der Waals surface area contributed by atoms with Gasteiger partial charge in [-0.15, -0.1) is 0 Å². The summed E-state index contributed by atoms with van der Waals surface area (Å²) in [5, 5.41) is 14.2. The summed E-state index contributed by atoms with van der Waals surface area (Å²) in [6.07, 6.45) is -5.98. The quantitative estimate of drug-likeness (QED) is 0.825. The zero-order valence-corrected chi connectivity index (χ0v) is 15.7. The molecular formula is C20H19F3N2O4. The predicted molar refractivity (Wildman–Crippen MR) is 98.7 cm³/mol. The van der Waals surface area contributed by atoms with Crippen LogP contribution in [-0.4, -0.2) is 47.4 Å². The Hall–Kier alpha value is -3.07. The first-order valence-corrected chi connectivity index (χ1v) is 8.68. The maximum Gasteiger partial charge on any atom is 0.438 e. The Morgan fingerprint density at radius 3 is 2.38 bits per heavy atom. The number of amides is 1. The zero-order valence-electron chi connectivity index (χ0n) is 15.7.